The number of hydrogen-bond donors (Lipinski definition) is 1. The molecule has 1 heterocycles. The molecule has 24 heavy (non-hydrogen) atoms. The van der Waals surface area contributed by atoms with E-state index < -0.39 is 5.60 Å². The van der Waals surface area contributed by atoms with E-state index in [0.717, 1.165) is 24.1 Å². The van der Waals surface area contributed by atoms with Crippen molar-refractivity contribution in [3.05, 3.63) is 23.8 Å². The molecule has 0 atom stereocenters. The molecule has 0 unspecified atom stereocenters. The molecule has 0 spiro atoms. The van der Waals surface area contributed by atoms with Crippen LogP contribution in [0.5, 0.6) is 0 Å². The number of hydrogen-bond acceptors (Lipinski definition) is 5. The third-order valence-electron chi connectivity index (χ3n) is 3.82. The quantitative estimate of drug-likeness (QED) is 0.676. The molecule has 130 valence electrons. The summed E-state index contributed by atoms with van der Waals surface area (Å²) in [5.74, 6) is 0. The number of rotatable bonds is 3. The minimum Gasteiger partial charge on any atom is -0.444 e. The van der Waals surface area contributed by atoms with Crippen LogP contribution >= 0.6 is 0 Å². The van der Waals surface area contributed by atoms with Gasteiger partial charge in [0.2, 0.25) is 6.08 Å². The molecule has 1 aliphatic heterocycles. The van der Waals surface area contributed by atoms with E-state index in [2.05, 4.69) is 10.3 Å². The molecule has 1 aromatic rings. The standard InChI is InChI=1S/C18H25N3O3/c1-13-5-6-15(19-12-22)16(11-13)20-14-7-9-21(10-8-14)17(23)24-18(2,3)4/h5-6,11,14,20H,7-10H2,1-4H3. The van der Waals surface area contributed by atoms with E-state index in [0.29, 0.717) is 18.8 Å². The predicted octanol–water partition coefficient (Wildman–Crippen LogP) is 3.77. The summed E-state index contributed by atoms with van der Waals surface area (Å²) in [6, 6.07) is 5.91. The van der Waals surface area contributed by atoms with Crippen molar-refractivity contribution in [3.8, 4) is 0 Å². The smallest absolute Gasteiger partial charge is 0.410 e. The van der Waals surface area contributed by atoms with Crippen molar-refractivity contribution in [1.82, 2.24) is 4.90 Å². The summed E-state index contributed by atoms with van der Waals surface area (Å²) in [7, 11) is 0. The minimum atomic E-state index is -0.477. The van der Waals surface area contributed by atoms with Crippen LogP contribution in [-0.2, 0) is 9.53 Å². The number of amides is 1. The van der Waals surface area contributed by atoms with Crippen LogP contribution in [0.2, 0.25) is 0 Å². The van der Waals surface area contributed by atoms with Gasteiger partial charge < -0.3 is 15.0 Å². The minimum absolute atomic E-state index is 0.228. The summed E-state index contributed by atoms with van der Waals surface area (Å²) in [6.45, 7) is 8.88. The molecule has 0 aliphatic carbocycles. The van der Waals surface area contributed by atoms with Crippen LogP contribution in [0.3, 0.4) is 0 Å². The molecular formula is C18H25N3O3. The number of isocyanates is 1. The normalized spacial score (nSPS) is 15.6. The second-order valence-corrected chi connectivity index (χ2v) is 7.11. The molecule has 1 aliphatic rings. The van der Waals surface area contributed by atoms with Crippen LogP contribution in [-0.4, -0.2) is 41.8 Å². The van der Waals surface area contributed by atoms with Crippen molar-refractivity contribution in [2.24, 2.45) is 4.99 Å². The van der Waals surface area contributed by atoms with Crippen molar-refractivity contribution in [3.63, 3.8) is 0 Å². The Morgan fingerprint density at radius 3 is 2.58 bits per heavy atom. The van der Waals surface area contributed by atoms with Gasteiger partial charge in [0, 0.05) is 19.1 Å². The third-order valence-corrected chi connectivity index (χ3v) is 3.82. The first-order valence-corrected chi connectivity index (χ1v) is 8.21. The lowest BCUT2D eigenvalue weighted by Gasteiger charge is -2.34. The van der Waals surface area contributed by atoms with E-state index in [9.17, 15) is 9.59 Å². The summed E-state index contributed by atoms with van der Waals surface area (Å²) < 4.78 is 5.41. The third kappa shape index (κ3) is 5.10. The average molecular weight is 331 g/mol. The number of nitrogens with one attached hydrogen (secondary N) is 1. The second kappa shape index (κ2) is 7.49. The highest BCUT2D eigenvalue weighted by atomic mass is 16.6. The molecule has 1 saturated heterocycles. The van der Waals surface area contributed by atoms with Crippen LogP contribution in [0.15, 0.2) is 23.2 Å². The monoisotopic (exact) mass is 331 g/mol. The lowest BCUT2D eigenvalue weighted by Crippen LogP contribution is -2.44. The number of anilines is 1. The Kier molecular flexibility index (Phi) is 5.62. The summed E-state index contributed by atoms with van der Waals surface area (Å²) in [4.78, 5) is 28.1. The Labute approximate surface area is 142 Å². The first-order chi connectivity index (χ1) is 11.3. The number of ether oxygens (including phenoxy) is 1. The van der Waals surface area contributed by atoms with Gasteiger partial charge in [-0.2, -0.15) is 4.99 Å². The Morgan fingerprint density at radius 1 is 1.33 bits per heavy atom. The fraction of sp³-hybridized carbons (Fsp3) is 0.556. The molecule has 6 heteroatoms. The Morgan fingerprint density at radius 2 is 2.00 bits per heavy atom. The first-order valence-electron chi connectivity index (χ1n) is 8.21. The SMILES string of the molecule is Cc1ccc(N=C=O)c(NC2CCN(C(=O)OC(C)(C)C)CC2)c1. The lowest BCUT2D eigenvalue weighted by molar-refractivity contribution is 0.0210. The van der Waals surface area contributed by atoms with Gasteiger partial charge in [0.15, 0.2) is 0 Å². The number of carbonyl (C=O) groups is 1. The van der Waals surface area contributed by atoms with Gasteiger partial charge in [-0.1, -0.05) is 6.07 Å². The molecule has 0 bridgehead atoms. The van der Waals surface area contributed by atoms with Gasteiger partial charge in [-0.05, 0) is 58.2 Å². The number of aliphatic imine (C=N–C) groups is 1. The van der Waals surface area contributed by atoms with E-state index in [1.807, 2.05) is 39.8 Å². The molecule has 1 N–H and O–H groups in total. The van der Waals surface area contributed by atoms with Crippen LogP contribution < -0.4 is 5.32 Å². The Bertz CT molecular complexity index is 637. The molecule has 0 radical (unpaired) electrons. The zero-order valence-electron chi connectivity index (χ0n) is 14.8. The first kappa shape index (κ1) is 18.0. The van der Waals surface area contributed by atoms with Crippen molar-refractivity contribution in [1.29, 1.82) is 0 Å². The molecular weight excluding hydrogens is 306 g/mol. The van der Waals surface area contributed by atoms with Crippen molar-refractivity contribution in [2.75, 3.05) is 18.4 Å². The topological polar surface area (TPSA) is 71.0 Å². The summed E-state index contributed by atoms with van der Waals surface area (Å²) in [6.07, 6.45) is 2.96. The molecule has 1 amide bonds. The second-order valence-electron chi connectivity index (χ2n) is 7.11. The highest BCUT2D eigenvalue weighted by Crippen LogP contribution is 2.28. The van der Waals surface area contributed by atoms with Gasteiger partial charge in [-0.25, -0.2) is 9.59 Å². The number of nitrogens with zero attached hydrogens (tertiary/aromatic N) is 2. The van der Waals surface area contributed by atoms with Crippen molar-refractivity contribution in [2.45, 2.75) is 52.2 Å². The van der Waals surface area contributed by atoms with Crippen LogP contribution in [0, 0.1) is 6.92 Å². The highest BCUT2D eigenvalue weighted by molar-refractivity contribution is 5.70. The Hall–Kier alpha value is -2.33. The molecule has 0 aromatic heterocycles. The van der Waals surface area contributed by atoms with E-state index in [-0.39, 0.29) is 12.1 Å². The van der Waals surface area contributed by atoms with Gasteiger partial charge in [-0.3, -0.25) is 0 Å². The van der Waals surface area contributed by atoms with Gasteiger partial charge in [-0.15, -0.1) is 0 Å². The maximum atomic E-state index is 12.1. The van der Waals surface area contributed by atoms with Crippen LogP contribution in [0.25, 0.3) is 0 Å². The molecule has 6 nitrogen and oxygen atoms in total. The number of aryl methyl sites for hydroxylation is 1. The highest BCUT2D eigenvalue weighted by Gasteiger charge is 2.27. The summed E-state index contributed by atoms with van der Waals surface area (Å²) >= 11 is 0. The van der Waals surface area contributed by atoms with Crippen molar-refractivity contribution < 1.29 is 14.3 Å². The molecule has 2 rings (SSSR count). The van der Waals surface area contributed by atoms with E-state index in [1.54, 1.807) is 17.0 Å². The zero-order valence-corrected chi connectivity index (χ0v) is 14.8. The fourth-order valence-corrected chi connectivity index (χ4v) is 2.66. The van der Waals surface area contributed by atoms with Crippen LogP contribution in [0.4, 0.5) is 16.2 Å². The van der Waals surface area contributed by atoms with Crippen LogP contribution in [0.1, 0.15) is 39.2 Å². The summed E-state index contributed by atoms with van der Waals surface area (Å²) in [5.41, 5.74) is 2.03. The van der Waals surface area contributed by atoms with Crippen molar-refractivity contribution >= 4 is 23.5 Å². The number of benzene rings is 1. The maximum absolute atomic E-state index is 12.1. The van der Waals surface area contributed by atoms with E-state index in [1.165, 1.54) is 0 Å². The van der Waals surface area contributed by atoms with E-state index >= 15 is 0 Å². The fourth-order valence-electron chi connectivity index (χ4n) is 2.66. The average Bonchev–Trinajstić information content (AvgIpc) is 2.49. The summed E-state index contributed by atoms with van der Waals surface area (Å²) in [5, 5.41) is 3.43. The number of piperidine rings is 1. The van der Waals surface area contributed by atoms with Gasteiger partial charge in [0.25, 0.3) is 0 Å². The largest absolute Gasteiger partial charge is 0.444 e. The van der Waals surface area contributed by atoms with Gasteiger partial charge in [0.1, 0.15) is 5.60 Å². The van der Waals surface area contributed by atoms with Gasteiger partial charge in [0.05, 0.1) is 11.4 Å². The van der Waals surface area contributed by atoms with Gasteiger partial charge >= 0.3 is 6.09 Å². The molecule has 1 fully saturated rings. The maximum Gasteiger partial charge on any atom is 0.410 e. The van der Waals surface area contributed by atoms with E-state index in [4.69, 9.17) is 4.74 Å². The zero-order chi connectivity index (χ0) is 17.7. The lowest BCUT2D eigenvalue weighted by atomic mass is 10.0. The molecule has 1 aromatic carbocycles. The predicted molar refractivity (Wildman–Crippen MR) is 93.4 cm³/mol. The molecule has 0 saturated carbocycles. The number of carbonyl (C=O) groups excluding carboxylic acids is 2. The Balaban J connectivity index is 1.95. The number of likely N-dealkylation sites (tertiary alicyclic amines) is 1.